The molecule has 198 valence electrons. The Hall–Kier alpha value is -3.05. The summed E-state index contributed by atoms with van der Waals surface area (Å²) in [6.45, 7) is 6.11. The van der Waals surface area contributed by atoms with Gasteiger partial charge in [-0.25, -0.2) is 12.7 Å². The van der Waals surface area contributed by atoms with E-state index in [0.717, 1.165) is 35.1 Å². The van der Waals surface area contributed by atoms with E-state index in [0.29, 0.717) is 26.2 Å². The van der Waals surface area contributed by atoms with Crippen molar-refractivity contribution in [1.29, 1.82) is 0 Å². The van der Waals surface area contributed by atoms with E-state index in [9.17, 15) is 23.1 Å². The van der Waals surface area contributed by atoms with E-state index in [1.54, 1.807) is 0 Å². The molecule has 2 aliphatic rings. The van der Waals surface area contributed by atoms with Crippen molar-refractivity contribution < 1.29 is 27.9 Å². The van der Waals surface area contributed by atoms with E-state index in [4.69, 9.17) is 4.74 Å². The minimum absolute atomic E-state index is 0.00319. The van der Waals surface area contributed by atoms with Crippen molar-refractivity contribution in [3.63, 3.8) is 0 Å². The maximum absolute atomic E-state index is 13.2. The number of aliphatic hydroxyl groups excluding tert-OH is 1. The third-order valence-corrected chi connectivity index (χ3v) is 8.65. The molecular weight excluding hydrogens is 494 g/mol. The second-order valence-electron chi connectivity index (χ2n) is 9.52. The maximum atomic E-state index is 13.2. The van der Waals surface area contributed by atoms with Crippen LogP contribution >= 0.6 is 0 Å². The predicted molar refractivity (Wildman–Crippen MR) is 139 cm³/mol. The Bertz CT molecular complexity index is 1280. The van der Waals surface area contributed by atoms with Gasteiger partial charge in [0.15, 0.2) is 0 Å². The molecule has 2 aromatic carbocycles. The standard InChI is InChI=1S/C27H33N3O6S/c1-19-5-7-20(8-6-19)24-23(25(31)21-9-11-22(12-10-21)37(34,35)28(2)3)26(32)27(33)30(24)14-4-13-29-15-17-36-18-16-29/h5-12,24,31H,4,13-18H2,1-3H3/t24-/m1/s1. The minimum Gasteiger partial charge on any atom is -0.507 e. The molecule has 2 heterocycles. The van der Waals surface area contributed by atoms with Gasteiger partial charge in [-0.3, -0.25) is 14.5 Å². The van der Waals surface area contributed by atoms with Gasteiger partial charge in [0.25, 0.3) is 11.7 Å². The molecule has 0 radical (unpaired) electrons. The third-order valence-electron chi connectivity index (χ3n) is 6.82. The Labute approximate surface area is 218 Å². The number of aliphatic hydroxyl groups is 1. The number of Topliss-reactive ketones (excluding diaryl/α,β-unsaturated/α-hetero) is 1. The SMILES string of the molecule is Cc1ccc([C@@H]2C(=C(O)c3ccc(S(=O)(=O)N(C)C)cc3)C(=O)C(=O)N2CCCN2CCOCC2)cc1. The van der Waals surface area contributed by atoms with Crippen LogP contribution in [0.3, 0.4) is 0 Å². The maximum Gasteiger partial charge on any atom is 0.295 e. The van der Waals surface area contributed by atoms with E-state index in [2.05, 4.69) is 4.90 Å². The average molecular weight is 528 g/mol. The third kappa shape index (κ3) is 5.62. The number of carbonyl (C=O) groups is 2. The highest BCUT2D eigenvalue weighted by atomic mass is 32.2. The Morgan fingerprint density at radius 1 is 1.00 bits per heavy atom. The highest BCUT2D eigenvalue weighted by molar-refractivity contribution is 7.89. The molecule has 1 N–H and O–H groups in total. The lowest BCUT2D eigenvalue weighted by molar-refractivity contribution is -0.140. The number of amides is 1. The summed E-state index contributed by atoms with van der Waals surface area (Å²) >= 11 is 0. The highest BCUT2D eigenvalue weighted by Crippen LogP contribution is 2.39. The molecule has 0 bridgehead atoms. The van der Waals surface area contributed by atoms with Gasteiger partial charge in [-0.15, -0.1) is 0 Å². The first kappa shape index (κ1) is 27.0. The molecule has 37 heavy (non-hydrogen) atoms. The second-order valence-corrected chi connectivity index (χ2v) is 11.7. The quantitative estimate of drug-likeness (QED) is 0.319. The molecular formula is C27H33N3O6S. The molecule has 0 aliphatic carbocycles. The first-order chi connectivity index (χ1) is 17.6. The number of hydrogen-bond donors (Lipinski definition) is 1. The number of benzene rings is 2. The summed E-state index contributed by atoms with van der Waals surface area (Å²) in [5.41, 5.74) is 2.03. The number of ether oxygens (including phenoxy) is 1. The van der Waals surface area contributed by atoms with Crippen LogP contribution in [0.25, 0.3) is 5.76 Å². The summed E-state index contributed by atoms with van der Waals surface area (Å²) in [4.78, 5) is 30.2. The summed E-state index contributed by atoms with van der Waals surface area (Å²) in [7, 11) is -0.778. The number of rotatable bonds is 8. The largest absolute Gasteiger partial charge is 0.507 e. The number of nitrogens with zero attached hydrogens (tertiary/aromatic N) is 3. The molecule has 2 saturated heterocycles. The number of ketones is 1. The first-order valence-electron chi connectivity index (χ1n) is 12.3. The molecule has 1 atom stereocenters. The van der Waals surface area contributed by atoms with Gasteiger partial charge in [0.05, 0.1) is 29.7 Å². The molecule has 9 nitrogen and oxygen atoms in total. The Balaban J connectivity index is 1.68. The van der Waals surface area contributed by atoms with Gasteiger partial charge in [0.1, 0.15) is 5.76 Å². The normalized spacial score (nSPS) is 20.6. The van der Waals surface area contributed by atoms with Crippen LogP contribution in [0.4, 0.5) is 0 Å². The number of carbonyl (C=O) groups excluding carboxylic acids is 2. The Morgan fingerprint density at radius 3 is 2.22 bits per heavy atom. The van der Waals surface area contributed by atoms with Crippen molar-refractivity contribution in [2.75, 3.05) is 53.5 Å². The van der Waals surface area contributed by atoms with Crippen LogP contribution in [-0.2, 0) is 24.3 Å². The van der Waals surface area contributed by atoms with Crippen LogP contribution in [0, 0.1) is 6.92 Å². The van der Waals surface area contributed by atoms with Crippen LogP contribution in [0.1, 0.15) is 29.2 Å². The van der Waals surface area contributed by atoms with Gasteiger partial charge in [0.2, 0.25) is 10.0 Å². The van der Waals surface area contributed by atoms with Crippen molar-refractivity contribution in [2.24, 2.45) is 0 Å². The Kier molecular flexibility index (Phi) is 8.13. The predicted octanol–water partition coefficient (Wildman–Crippen LogP) is 2.39. The Morgan fingerprint density at radius 2 is 1.62 bits per heavy atom. The van der Waals surface area contributed by atoms with Gasteiger partial charge in [-0.2, -0.15) is 0 Å². The first-order valence-corrected chi connectivity index (χ1v) is 13.7. The lowest BCUT2D eigenvalue weighted by Gasteiger charge is -2.29. The lowest BCUT2D eigenvalue weighted by Crippen LogP contribution is -2.38. The topological polar surface area (TPSA) is 107 Å². The lowest BCUT2D eigenvalue weighted by atomic mass is 9.94. The van der Waals surface area contributed by atoms with Crippen LogP contribution in [-0.4, -0.2) is 92.8 Å². The summed E-state index contributed by atoms with van der Waals surface area (Å²) < 4.78 is 31.3. The number of sulfonamides is 1. The number of aryl methyl sites for hydroxylation is 1. The zero-order valence-corrected chi connectivity index (χ0v) is 22.2. The van der Waals surface area contributed by atoms with Gasteiger partial charge >= 0.3 is 0 Å². The average Bonchev–Trinajstić information content (AvgIpc) is 3.14. The van der Waals surface area contributed by atoms with Crippen molar-refractivity contribution in [1.82, 2.24) is 14.1 Å². The summed E-state index contributed by atoms with van der Waals surface area (Å²) in [5, 5.41) is 11.2. The van der Waals surface area contributed by atoms with E-state index >= 15 is 0 Å². The second kappa shape index (κ2) is 11.1. The van der Waals surface area contributed by atoms with Crippen molar-refractivity contribution in [3.8, 4) is 0 Å². The fourth-order valence-electron chi connectivity index (χ4n) is 4.65. The molecule has 0 spiro atoms. The summed E-state index contributed by atoms with van der Waals surface area (Å²) in [5.74, 6) is -1.73. The van der Waals surface area contributed by atoms with E-state index < -0.39 is 27.8 Å². The van der Waals surface area contributed by atoms with Gasteiger partial charge in [0, 0.05) is 45.8 Å². The molecule has 0 saturated carbocycles. The monoisotopic (exact) mass is 527 g/mol. The van der Waals surface area contributed by atoms with Crippen LogP contribution in [0.2, 0.25) is 0 Å². The number of morpholine rings is 1. The summed E-state index contributed by atoms with van der Waals surface area (Å²) in [6.07, 6.45) is 0.673. The highest BCUT2D eigenvalue weighted by Gasteiger charge is 2.45. The van der Waals surface area contributed by atoms with Gasteiger partial charge in [-0.05, 0) is 43.2 Å². The van der Waals surface area contributed by atoms with Crippen LogP contribution in [0.5, 0.6) is 0 Å². The van der Waals surface area contributed by atoms with E-state index in [-0.39, 0.29) is 21.8 Å². The summed E-state index contributed by atoms with van der Waals surface area (Å²) in [6, 6.07) is 12.5. The molecule has 10 heteroatoms. The van der Waals surface area contributed by atoms with Gasteiger partial charge in [-0.1, -0.05) is 29.8 Å². The molecule has 2 fully saturated rings. The van der Waals surface area contributed by atoms with Gasteiger partial charge < -0.3 is 14.7 Å². The number of likely N-dealkylation sites (tertiary alicyclic amines) is 1. The van der Waals surface area contributed by atoms with Crippen LogP contribution < -0.4 is 0 Å². The van der Waals surface area contributed by atoms with Crippen molar-refractivity contribution in [2.45, 2.75) is 24.3 Å². The molecule has 0 aromatic heterocycles. The van der Waals surface area contributed by atoms with Crippen LogP contribution in [0.15, 0.2) is 59.0 Å². The smallest absolute Gasteiger partial charge is 0.295 e. The zero-order valence-electron chi connectivity index (χ0n) is 21.4. The fourth-order valence-corrected chi connectivity index (χ4v) is 5.55. The molecule has 2 aliphatic heterocycles. The van der Waals surface area contributed by atoms with E-state index in [1.807, 2.05) is 31.2 Å². The zero-order chi connectivity index (χ0) is 26.7. The molecule has 4 rings (SSSR count). The molecule has 1 amide bonds. The number of hydrogen-bond acceptors (Lipinski definition) is 7. The van der Waals surface area contributed by atoms with E-state index in [1.165, 1.54) is 43.3 Å². The molecule has 2 aromatic rings. The molecule has 0 unspecified atom stereocenters. The van der Waals surface area contributed by atoms with Crippen molar-refractivity contribution >= 4 is 27.5 Å². The van der Waals surface area contributed by atoms with Crippen molar-refractivity contribution in [3.05, 3.63) is 70.8 Å². The fraction of sp³-hybridized carbons (Fsp3) is 0.407. The minimum atomic E-state index is -3.65.